The predicted octanol–water partition coefficient (Wildman–Crippen LogP) is 2.91. The zero-order chi connectivity index (χ0) is 11.5. The minimum atomic E-state index is 0.560. The Balaban J connectivity index is 2.03. The van der Waals surface area contributed by atoms with E-state index in [0.717, 1.165) is 15.9 Å². The van der Waals surface area contributed by atoms with Crippen LogP contribution in [0, 0.1) is 0 Å². The fourth-order valence-corrected chi connectivity index (χ4v) is 1.92. The number of rotatable bonds is 3. The van der Waals surface area contributed by atoms with Crippen molar-refractivity contribution in [3.8, 4) is 5.75 Å². The van der Waals surface area contributed by atoms with E-state index in [-0.39, 0.29) is 0 Å². The summed E-state index contributed by atoms with van der Waals surface area (Å²) in [5, 5.41) is 7.04. The predicted molar refractivity (Wildman–Crippen MR) is 73.1 cm³/mol. The van der Waals surface area contributed by atoms with Crippen LogP contribution in [-0.2, 0) is 0 Å². The van der Waals surface area contributed by atoms with Crippen LogP contribution in [0.2, 0.25) is 0 Å². The van der Waals surface area contributed by atoms with E-state index >= 15 is 0 Å². The van der Waals surface area contributed by atoms with Crippen molar-refractivity contribution in [2.45, 2.75) is 18.9 Å². The number of hydrogen-bond donors (Lipinski definition) is 2. The highest BCUT2D eigenvalue weighted by Crippen LogP contribution is 2.27. The molecule has 3 nitrogen and oxygen atoms in total. The molecule has 86 valence electrons. The van der Waals surface area contributed by atoms with Crippen molar-refractivity contribution in [3.63, 3.8) is 0 Å². The van der Waals surface area contributed by atoms with Gasteiger partial charge in [-0.15, -0.1) is 0 Å². The van der Waals surface area contributed by atoms with Gasteiger partial charge in [0.05, 0.1) is 12.8 Å². The Morgan fingerprint density at radius 3 is 2.88 bits per heavy atom. The molecule has 0 radical (unpaired) electrons. The molecular formula is C11H13BrN2OS. The van der Waals surface area contributed by atoms with Crippen molar-refractivity contribution in [3.05, 3.63) is 22.7 Å². The fraction of sp³-hybridized carbons (Fsp3) is 0.364. The van der Waals surface area contributed by atoms with Gasteiger partial charge in [0.1, 0.15) is 5.75 Å². The van der Waals surface area contributed by atoms with E-state index in [9.17, 15) is 0 Å². The second kappa shape index (κ2) is 5.01. The monoisotopic (exact) mass is 300 g/mol. The maximum atomic E-state index is 5.21. The zero-order valence-electron chi connectivity index (χ0n) is 8.92. The summed E-state index contributed by atoms with van der Waals surface area (Å²) in [6.07, 6.45) is 2.42. The van der Waals surface area contributed by atoms with Gasteiger partial charge < -0.3 is 15.4 Å². The normalized spacial score (nSPS) is 14.4. The van der Waals surface area contributed by atoms with Gasteiger partial charge in [0, 0.05) is 16.6 Å². The molecule has 0 aliphatic heterocycles. The molecule has 1 fully saturated rings. The third-order valence-electron chi connectivity index (χ3n) is 2.33. The Morgan fingerprint density at radius 1 is 1.50 bits per heavy atom. The molecule has 1 aliphatic carbocycles. The number of thiocarbonyl (C=S) groups is 1. The Hall–Kier alpha value is -0.810. The molecule has 0 aromatic heterocycles. The maximum absolute atomic E-state index is 5.21. The SMILES string of the molecule is COc1ccc(Br)c(NC(=S)NC2CC2)c1. The van der Waals surface area contributed by atoms with E-state index in [1.807, 2.05) is 18.2 Å². The molecule has 5 heteroatoms. The molecule has 1 saturated carbocycles. The number of methoxy groups -OCH3 is 1. The van der Waals surface area contributed by atoms with E-state index in [0.29, 0.717) is 11.2 Å². The summed E-state index contributed by atoms with van der Waals surface area (Å²) in [7, 11) is 1.65. The molecule has 16 heavy (non-hydrogen) atoms. The largest absolute Gasteiger partial charge is 0.497 e. The molecule has 1 aromatic rings. The molecular weight excluding hydrogens is 288 g/mol. The molecule has 2 rings (SSSR count). The van der Waals surface area contributed by atoms with Gasteiger partial charge in [0.25, 0.3) is 0 Å². The van der Waals surface area contributed by atoms with Crippen LogP contribution in [-0.4, -0.2) is 18.3 Å². The molecule has 0 spiro atoms. The second-order valence-electron chi connectivity index (χ2n) is 3.72. The number of anilines is 1. The molecule has 2 N–H and O–H groups in total. The third-order valence-corrected chi connectivity index (χ3v) is 3.25. The average molecular weight is 301 g/mol. The molecule has 1 aromatic carbocycles. The van der Waals surface area contributed by atoms with Crippen LogP contribution < -0.4 is 15.4 Å². The number of hydrogen-bond acceptors (Lipinski definition) is 2. The summed E-state index contributed by atoms with van der Waals surface area (Å²) >= 11 is 8.67. The quantitative estimate of drug-likeness (QED) is 0.841. The lowest BCUT2D eigenvalue weighted by Crippen LogP contribution is -2.30. The van der Waals surface area contributed by atoms with Crippen LogP contribution >= 0.6 is 28.1 Å². The van der Waals surface area contributed by atoms with Gasteiger partial charge in [-0.3, -0.25) is 0 Å². The Bertz CT molecular complexity index is 407. The summed E-state index contributed by atoms with van der Waals surface area (Å²) in [6.45, 7) is 0. The van der Waals surface area contributed by atoms with E-state index in [2.05, 4.69) is 26.6 Å². The van der Waals surface area contributed by atoms with Crippen molar-refractivity contribution in [2.75, 3.05) is 12.4 Å². The van der Waals surface area contributed by atoms with Crippen LogP contribution in [0.1, 0.15) is 12.8 Å². The lowest BCUT2D eigenvalue weighted by atomic mass is 10.3. The van der Waals surface area contributed by atoms with Crippen LogP contribution in [0.5, 0.6) is 5.75 Å². The summed E-state index contributed by atoms with van der Waals surface area (Å²) < 4.78 is 6.13. The van der Waals surface area contributed by atoms with Gasteiger partial charge in [-0.25, -0.2) is 0 Å². The first kappa shape index (κ1) is 11.7. The lowest BCUT2D eigenvalue weighted by Gasteiger charge is -2.12. The average Bonchev–Trinajstić information content (AvgIpc) is 3.05. The van der Waals surface area contributed by atoms with Gasteiger partial charge in [-0.2, -0.15) is 0 Å². The summed E-state index contributed by atoms with van der Waals surface area (Å²) in [6, 6.07) is 6.29. The number of benzene rings is 1. The Morgan fingerprint density at radius 2 is 2.25 bits per heavy atom. The number of ether oxygens (including phenoxy) is 1. The van der Waals surface area contributed by atoms with E-state index in [1.165, 1.54) is 12.8 Å². The minimum Gasteiger partial charge on any atom is -0.497 e. The smallest absolute Gasteiger partial charge is 0.171 e. The second-order valence-corrected chi connectivity index (χ2v) is 4.98. The molecule has 0 saturated heterocycles. The van der Waals surface area contributed by atoms with Gasteiger partial charge in [0.15, 0.2) is 5.11 Å². The van der Waals surface area contributed by atoms with Crippen molar-refractivity contribution in [1.82, 2.24) is 5.32 Å². The van der Waals surface area contributed by atoms with Gasteiger partial charge >= 0.3 is 0 Å². The van der Waals surface area contributed by atoms with Crippen LogP contribution in [0.25, 0.3) is 0 Å². The highest BCUT2D eigenvalue weighted by atomic mass is 79.9. The Kier molecular flexibility index (Phi) is 3.66. The van der Waals surface area contributed by atoms with Gasteiger partial charge in [-0.05, 0) is 53.1 Å². The molecule has 0 amide bonds. The van der Waals surface area contributed by atoms with Crippen molar-refractivity contribution < 1.29 is 4.74 Å². The van der Waals surface area contributed by atoms with Gasteiger partial charge in [0.2, 0.25) is 0 Å². The minimum absolute atomic E-state index is 0.560. The highest BCUT2D eigenvalue weighted by Gasteiger charge is 2.21. The first-order valence-corrected chi connectivity index (χ1v) is 6.30. The molecule has 0 atom stereocenters. The van der Waals surface area contributed by atoms with Gasteiger partial charge in [-0.1, -0.05) is 0 Å². The maximum Gasteiger partial charge on any atom is 0.171 e. The zero-order valence-corrected chi connectivity index (χ0v) is 11.3. The van der Waals surface area contributed by atoms with Crippen molar-refractivity contribution in [2.24, 2.45) is 0 Å². The van der Waals surface area contributed by atoms with Crippen LogP contribution in [0.15, 0.2) is 22.7 Å². The van der Waals surface area contributed by atoms with Crippen molar-refractivity contribution in [1.29, 1.82) is 0 Å². The first-order chi connectivity index (χ1) is 7.69. The standard InChI is InChI=1S/C11H13BrN2OS/c1-15-8-4-5-9(12)10(6-8)14-11(16)13-7-2-3-7/h4-7H,2-3H2,1H3,(H2,13,14,16). The highest BCUT2D eigenvalue weighted by molar-refractivity contribution is 9.10. The molecule has 0 bridgehead atoms. The summed E-state index contributed by atoms with van der Waals surface area (Å²) in [5.74, 6) is 0.805. The molecule has 0 unspecified atom stereocenters. The third kappa shape index (κ3) is 3.09. The topological polar surface area (TPSA) is 33.3 Å². The van der Waals surface area contributed by atoms with E-state index < -0.39 is 0 Å². The molecule has 1 aliphatic rings. The number of halogens is 1. The fourth-order valence-electron chi connectivity index (χ4n) is 1.30. The summed E-state index contributed by atoms with van der Waals surface area (Å²) in [4.78, 5) is 0. The van der Waals surface area contributed by atoms with Crippen molar-refractivity contribution >= 4 is 38.9 Å². The lowest BCUT2D eigenvalue weighted by molar-refractivity contribution is 0.415. The van der Waals surface area contributed by atoms with E-state index in [1.54, 1.807) is 7.11 Å². The summed E-state index contributed by atoms with van der Waals surface area (Å²) in [5.41, 5.74) is 0.914. The Labute approximate surface area is 109 Å². The first-order valence-electron chi connectivity index (χ1n) is 5.10. The van der Waals surface area contributed by atoms with Crippen LogP contribution in [0.4, 0.5) is 5.69 Å². The van der Waals surface area contributed by atoms with Crippen LogP contribution in [0.3, 0.4) is 0 Å². The molecule has 0 heterocycles. The number of nitrogens with one attached hydrogen (secondary N) is 2. The van der Waals surface area contributed by atoms with E-state index in [4.69, 9.17) is 17.0 Å².